The van der Waals surface area contributed by atoms with Gasteiger partial charge in [0.15, 0.2) is 0 Å². The second-order valence-corrected chi connectivity index (χ2v) is 3.97. The molecule has 0 aliphatic carbocycles. The number of carboxylic acid groups (broad SMARTS) is 1. The Bertz CT molecular complexity index is 519. The van der Waals surface area contributed by atoms with Crippen molar-refractivity contribution in [3.8, 4) is 0 Å². The number of halogens is 1. The van der Waals surface area contributed by atoms with Crippen molar-refractivity contribution in [2.75, 3.05) is 5.88 Å². The van der Waals surface area contributed by atoms with Crippen LogP contribution in [0.1, 0.15) is 16.9 Å². The second kappa shape index (κ2) is 4.58. The van der Waals surface area contributed by atoms with E-state index >= 15 is 0 Å². The first-order valence-corrected chi connectivity index (χ1v) is 5.65. The van der Waals surface area contributed by atoms with Crippen molar-refractivity contribution in [2.45, 2.75) is 13.0 Å². The van der Waals surface area contributed by atoms with Gasteiger partial charge in [-0.25, -0.2) is 4.79 Å². The van der Waals surface area contributed by atoms with Crippen molar-refractivity contribution in [3.63, 3.8) is 0 Å². The quantitative estimate of drug-likeness (QED) is 0.831. The lowest BCUT2D eigenvalue weighted by Crippen LogP contribution is -2.08. The van der Waals surface area contributed by atoms with Crippen molar-refractivity contribution >= 4 is 28.5 Å². The van der Waals surface area contributed by atoms with E-state index in [0.29, 0.717) is 18.1 Å². The fraction of sp³-hybridized carbons (Fsp3) is 0.250. The molecule has 16 heavy (non-hydrogen) atoms. The Hall–Kier alpha value is -1.48. The topological polar surface area (TPSA) is 42.2 Å². The molecule has 1 N–H and O–H groups in total. The van der Waals surface area contributed by atoms with E-state index < -0.39 is 5.97 Å². The third-order valence-electron chi connectivity index (χ3n) is 2.55. The van der Waals surface area contributed by atoms with Crippen LogP contribution in [0.3, 0.4) is 0 Å². The number of fused-ring (bicyclic) bond motifs is 1. The van der Waals surface area contributed by atoms with Gasteiger partial charge in [-0.15, -0.1) is 11.6 Å². The van der Waals surface area contributed by atoms with E-state index in [1.807, 2.05) is 24.3 Å². The van der Waals surface area contributed by atoms with Gasteiger partial charge in [0.2, 0.25) is 0 Å². The van der Waals surface area contributed by atoms with Gasteiger partial charge in [0.1, 0.15) is 5.69 Å². The summed E-state index contributed by atoms with van der Waals surface area (Å²) in [5.74, 6) is -0.364. The lowest BCUT2D eigenvalue weighted by molar-refractivity contribution is 0.0685. The largest absolute Gasteiger partial charge is 0.477 e. The van der Waals surface area contributed by atoms with Gasteiger partial charge in [0.05, 0.1) is 0 Å². The minimum absolute atomic E-state index is 0.325. The zero-order valence-corrected chi connectivity index (χ0v) is 9.44. The molecule has 0 saturated carbocycles. The lowest BCUT2D eigenvalue weighted by atomic mass is 10.2. The first-order chi connectivity index (χ1) is 7.74. The fourth-order valence-electron chi connectivity index (χ4n) is 1.85. The molecule has 0 radical (unpaired) electrons. The van der Waals surface area contributed by atoms with Gasteiger partial charge < -0.3 is 9.67 Å². The molecular formula is C12H12ClNO2. The predicted octanol–water partition coefficient (Wildman–Crippen LogP) is 2.97. The average molecular weight is 238 g/mol. The molecule has 0 saturated heterocycles. The number of benzene rings is 1. The fourth-order valence-corrected chi connectivity index (χ4v) is 1.97. The van der Waals surface area contributed by atoms with Crippen LogP contribution in [0.5, 0.6) is 0 Å². The molecular weight excluding hydrogens is 226 g/mol. The maximum atomic E-state index is 11.1. The zero-order valence-electron chi connectivity index (χ0n) is 8.69. The Kier molecular flexibility index (Phi) is 3.15. The number of aromatic carboxylic acids is 1. The van der Waals surface area contributed by atoms with E-state index in [1.165, 1.54) is 0 Å². The molecule has 84 valence electrons. The monoisotopic (exact) mass is 237 g/mol. The standard InChI is InChI=1S/C12H12ClNO2/c13-6-3-7-14-10-5-2-1-4-9(10)8-11(14)12(15)16/h1-2,4-5,8H,3,6-7H2,(H,15,16). The van der Waals surface area contributed by atoms with Gasteiger partial charge in [-0.3, -0.25) is 0 Å². The van der Waals surface area contributed by atoms with Gasteiger partial charge >= 0.3 is 5.97 Å². The number of nitrogens with zero attached hydrogens (tertiary/aromatic N) is 1. The molecule has 0 aliphatic heterocycles. The molecule has 0 amide bonds. The molecule has 2 rings (SSSR count). The average Bonchev–Trinajstić information content (AvgIpc) is 2.65. The Morgan fingerprint density at radius 1 is 1.38 bits per heavy atom. The third kappa shape index (κ3) is 1.91. The van der Waals surface area contributed by atoms with Gasteiger partial charge in [0, 0.05) is 23.3 Å². The molecule has 0 aliphatic rings. The number of carboxylic acids is 1. The highest BCUT2D eigenvalue weighted by molar-refractivity contribution is 6.17. The maximum absolute atomic E-state index is 11.1. The first-order valence-electron chi connectivity index (χ1n) is 5.11. The maximum Gasteiger partial charge on any atom is 0.352 e. The highest BCUT2D eigenvalue weighted by Crippen LogP contribution is 2.20. The van der Waals surface area contributed by atoms with E-state index in [9.17, 15) is 4.79 Å². The lowest BCUT2D eigenvalue weighted by Gasteiger charge is -2.06. The number of para-hydroxylation sites is 1. The van der Waals surface area contributed by atoms with Crippen LogP contribution in [0.15, 0.2) is 30.3 Å². The van der Waals surface area contributed by atoms with E-state index in [1.54, 1.807) is 10.6 Å². The highest BCUT2D eigenvalue weighted by atomic mass is 35.5. The van der Waals surface area contributed by atoms with Crippen molar-refractivity contribution in [1.29, 1.82) is 0 Å². The second-order valence-electron chi connectivity index (χ2n) is 3.59. The Morgan fingerprint density at radius 3 is 2.81 bits per heavy atom. The molecule has 0 unspecified atom stereocenters. The molecule has 4 heteroatoms. The van der Waals surface area contributed by atoms with Gasteiger partial charge in [-0.1, -0.05) is 18.2 Å². The summed E-state index contributed by atoms with van der Waals surface area (Å²) in [6.45, 7) is 0.638. The first kappa shape index (κ1) is 11.0. The number of carbonyl (C=O) groups is 1. The number of hydrogen-bond donors (Lipinski definition) is 1. The molecule has 3 nitrogen and oxygen atoms in total. The van der Waals surface area contributed by atoms with E-state index in [0.717, 1.165) is 17.3 Å². The van der Waals surface area contributed by atoms with E-state index in [4.69, 9.17) is 16.7 Å². The summed E-state index contributed by atoms with van der Waals surface area (Å²) < 4.78 is 1.81. The van der Waals surface area contributed by atoms with Crippen molar-refractivity contribution < 1.29 is 9.90 Å². The van der Waals surface area contributed by atoms with Crippen molar-refractivity contribution in [3.05, 3.63) is 36.0 Å². The number of rotatable bonds is 4. The summed E-state index contributed by atoms with van der Waals surface area (Å²) in [7, 11) is 0. The molecule has 2 aromatic rings. The molecule has 1 aromatic heterocycles. The van der Waals surface area contributed by atoms with Crippen molar-refractivity contribution in [1.82, 2.24) is 4.57 Å². The minimum atomic E-state index is -0.897. The summed E-state index contributed by atoms with van der Waals surface area (Å²) in [5.41, 5.74) is 1.27. The third-order valence-corrected chi connectivity index (χ3v) is 2.81. The van der Waals surface area contributed by atoms with Crippen LogP contribution in [0, 0.1) is 0 Å². The van der Waals surface area contributed by atoms with E-state index in [2.05, 4.69) is 0 Å². The molecule has 0 fully saturated rings. The highest BCUT2D eigenvalue weighted by Gasteiger charge is 2.13. The van der Waals surface area contributed by atoms with Crippen LogP contribution < -0.4 is 0 Å². The number of alkyl halides is 1. The molecule has 1 aromatic carbocycles. The van der Waals surface area contributed by atoms with Crippen molar-refractivity contribution in [2.24, 2.45) is 0 Å². The minimum Gasteiger partial charge on any atom is -0.477 e. The Morgan fingerprint density at radius 2 is 2.12 bits per heavy atom. The summed E-state index contributed by atoms with van der Waals surface area (Å²) in [6.07, 6.45) is 0.764. The summed E-state index contributed by atoms with van der Waals surface area (Å²) >= 11 is 5.64. The van der Waals surface area contributed by atoms with Crippen LogP contribution in [0.25, 0.3) is 10.9 Å². The SMILES string of the molecule is O=C(O)c1cc2ccccc2n1CCCCl. The van der Waals surface area contributed by atoms with E-state index in [-0.39, 0.29) is 0 Å². The van der Waals surface area contributed by atoms with Crippen LogP contribution in [-0.2, 0) is 6.54 Å². The summed E-state index contributed by atoms with van der Waals surface area (Å²) in [6, 6.07) is 9.35. The smallest absolute Gasteiger partial charge is 0.352 e. The van der Waals surface area contributed by atoms with Crippen LogP contribution >= 0.6 is 11.6 Å². The number of aromatic nitrogens is 1. The number of aryl methyl sites for hydroxylation is 1. The molecule has 0 bridgehead atoms. The normalized spacial score (nSPS) is 10.8. The summed E-state index contributed by atoms with van der Waals surface area (Å²) in [4.78, 5) is 11.1. The molecule has 1 heterocycles. The van der Waals surface area contributed by atoms with Gasteiger partial charge in [0.25, 0.3) is 0 Å². The van der Waals surface area contributed by atoms with Crippen LogP contribution in [-0.4, -0.2) is 21.5 Å². The zero-order chi connectivity index (χ0) is 11.5. The Balaban J connectivity index is 2.55. The molecule has 0 spiro atoms. The Labute approximate surface area is 98.3 Å². The van der Waals surface area contributed by atoms with Gasteiger partial charge in [-0.05, 0) is 18.6 Å². The van der Waals surface area contributed by atoms with Gasteiger partial charge in [-0.2, -0.15) is 0 Å². The predicted molar refractivity (Wildman–Crippen MR) is 64.2 cm³/mol. The molecule has 0 atom stereocenters. The van der Waals surface area contributed by atoms with Crippen LogP contribution in [0.4, 0.5) is 0 Å². The summed E-state index contributed by atoms with van der Waals surface area (Å²) in [5, 5.41) is 10.1. The number of hydrogen-bond acceptors (Lipinski definition) is 1. The van der Waals surface area contributed by atoms with Crippen LogP contribution in [0.2, 0.25) is 0 Å².